The van der Waals surface area contributed by atoms with Gasteiger partial charge in [0.15, 0.2) is 0 Å². The molecule has 4 heteroatoms. The number of aliphatic carboxylic acids is 1. The van der Waals surface area contributed by atoms with Crippen molar-refractivity contribution in [2.75, 3.05) is 0 Å². The zero-order valence-corrected chi connectivity index (χ0v) is 9.84. The maximum atomic E-state index is 11.0. The van der Waals surface area contributed by atoms with Crippen LogP contribution in [-0.2, 0) is 4.79 Å². The van der Waals surface area contributed by atoms with Crippen molar-refractivity contribution in [3.63, 3.8) is 0 Å². The van der Waals surface area contributed by atoms with Crippen LogP contribution in [0.15, 0.2) is 36.7 Å². The van der Waals surface area contributed by atoms with Gasteiger partial charge in [-0.1, -0.05) is 24.3 Å². The summed E-state index contributed by atoms with van der Waals surface area (Å²) in [6.45, 7) is 0. The summed E-state index contributed by atoms with van der Waals surface area (Å²) >= 11 is 0. The first-order chi connectivity index (χ1) is 8.75. The standard InChI is InChI=1S/C14H14N2O2/c17-14(18)13-6-5-12(16-13)11-8-15-7-9-3-1-2-4-10(9)11/h1-4,7-8,12-13,16H,5-6H2,(H,17,18). The molecule has 2 aromatic rings. The number of carboxylic acids is 1. The van der Waals surface area contributed by atoms with E-state index in [-0.39, 0.29) is 6.04 Å². The number of carboxylic acid groups (broad SMARTS) is 1. The second kappa shape index (κ2) is 4.38. The number of nitrogens with zero attached hydrogens (tertiary/aromatic N) is 1. The summed E-state index contributed by atoms with van der Waals surface area (Å²) in [5.74, 6) is -0.773. The summed E-state index contributed by atoms with van der Waals surface area (Å²) in [5, 5.41) is 14.4. The molecule has 1 aliphatic heterocycles. The van der Waals surface area contributed by atoms with Crippen molar-refractivity contribution < 1.29 is 9.90 Å². The Kier molecular flexibility index (Phi) is 2.72. The van der Waals surface area contributed by atoms with Gasteiger partial charge >= 0.3 is 5.97 Å². The maximum absolute atomic E-state index is 11.0. The fourth-order valence-electron chi connectivity index (χ4n) is 2.60. The predicted molar refractivity (Wildman–Crippen MR) is 68.3 cm³/mol. The van der Waals surface area contributed by atoms with Gasteiger partial charge in [0.1, 0.15) is 6.04 Å². The topological polar surface area (TPSA) is 62.2 Å². The van der Waals surface area contributed by atoms with Crippen LogP contribution in [0.5, 0.6) is 0 Å². The second-order valence-corrected chi connectivity index (χ2v) is 4.64. The van der Waals surface area contributed by atoms with E-state index in [2.05, 4.69) is 16.4 Å². The molecule has 0 amide bonds. The van der Waals surface area contributed by atoms with Crippen LogP contribution in [-0.4, -0.2) is 22.1 Å². The Balaban J connectivity index is 1.98. The Morgan fingerprint density at radius 1 is 1.28 bits per heavy atom. The van der Waals surface area contributed by atoms with Gasteiger partial charge < -0.3 is 5.11 Å². The van der Waals surface area contributed by atoms with Crippen LogP contribution in [0.3, 0.4) is 0 Å². The molecule has 0 saturated carbocycles. The lowest BCUT2D eigenvalue weighted by Gasteiger charge is -2.14. The number of hydrogen-bond donors (Lipinski definition) is 2. The molecule has 1 aromatic carbocycles. The molecule has 1 aliphatic rings. The SMILES string of the molecule is O=C(O)C1CCC(c2cncc3ccccc23)N1. The normalized spacial score (nSPS) is 23.3. The summed E-state index contributed by atoms with van der Waals surface area (Å²) in [6, 6.07) is 7.71. The molecular formula is C14H14N2O2. The molecule has 0 bridgehead atoms. The first kappa shape index (κ1) is 11.2. The van der Waals surface area contributed by atoms with Gasteiger partial charge in [-0.2, -0.15) is 0 Å². The number of benzene rings is 1. The minimum absolute atomic E-state index is 0.0877. The molecule has 18 heavy (non-hydrogen) atoms. The highest BCUT2D eigenvalue weighted by Crippen LogP contribution is 2.30. The molecule has 1 aromatic heterocycles. The number of carbonyl (C=O) groups is 1. The van der Waals surface area contributed by atoms with Gasteiger partial charge in [-0.15, -0.1) is 0 Å². The summed E-state index contributed by atoms with van der Waals surface area (Å²) in [4.78, 5) is 15.2. The van der Waals surface area contributed by atoms with Crippen LogP contribution in [0.4, 0.5) is 0 Å². The van der Waals surface area contributed by atoms with E-state index in [0.717, 1.165) is 22.8 Å². The largest absolute Gasteiger partial charge is 0.480 e. The van der Waals surface area contributed by atoms with Gasteiger partial charge in [-0.05, 0) is 23.8 Å². The Hall–Kier alpha value is -1.94. The Morgan fingerprint density at radius 2 is 2.11 bits per heavy atom. The van der Waals surface area contributed by atoms with E-state index >= 15 is 0 Å². The molecule has 1 fully saturated rings. The van der Waals surface area contributed by atoms with Crippen molar-refractivity contribution in [1.29, 1.82) is 0 Å². The van der Waals surface area contributed by atoms with E-state index in [4.69, 9.17) is 5.11 Å². The van der Waals surface area contributed by atoms with Gasteiger partial charge in [-0.3, -0.25) is 15.1 Å². The maximum Gasteiger partial charge on any atom is 0.320 e. The summed E-state index contributed by atoms with van der Waals surface area (Å²) in [5.41, 5.74) is 1.09. The van der Waals surface area contributed by atoms with Crippen LogP contribution in [0.2, 0.25) is 0 Å². The zero-order chi connectivity index (χ0) is 12.5. The molecule has 92 valence electrons. The minimum atomic E-state index is -0.773. The lowest BCUT2D eigenvalue weighted by molar-refractivity contribution is -0.139. The zero-order valence-electron chi connectivity index (χ0n) is 9.84. The number of aromatic nitrogens is 1. The smallest absolute Gasteiger partial charge is 0.320 e. The molecule has 0 radical (unpaired) electrons. The average molecular weight is 242 g/mol. The molecule has 2 atom stereocenters. The molecule has 2 N–H and O–H groups in total. The third-order valence-electron chi connectivity index (χ3n) is 3.52. The van der Waals surface area contributed by atoms with Crippen LogP contribution in [0.25, 0.3) is 10.8 Å². The van der Waals surface area contributed by atoms with Crippen LogP contribution >= 0.6 is 0 Å². The molecule has 3 rings (SSSR count). The van der Waals surface area contributed by atoms with Crippen molar-refractivity contribution in [3.05, 3.63) is 42.2 Å². The first-order valence-corrected chi connectivity index (χ1v) is 6.07. The van der Waals surface area contributed by atoms with Gasteiger partial charge in [-0.25, -0.2) is 0 Å². The quantitative estimate of drug-likeness (QED) is 0.846. The third kappa shape index (κ3) is 1.84. The van der Waals surface area contributed by atoms with E-state index in [1.165, 1.54) is 0 Å². The summed E-state index contributed by atoms with van der Waals surface area (Å²) < 4.78 is 0. The van der Waals surface area contributed by atoms with Gasteiger partial charge in [0.25, 0.3) is 0 Å². The number of rotatable bonds is 2. The van der Waals surface area contributed by atoms with E-state index in [1.807, 2.05) is 30.6 Å². The lowest BCUT2D eigenvalue weighted by atomic mass is 10.0. The Morgan fingerprint density at radius 3 is 2.89 bits per heavy atom. The van der Waals surface area contributed by atoms with Crippen molar-refractivity contribution in [3.8, 4) is 0 Å². The average Bonchev–Trinajstić information content (AvgIpc) is 2.87. The number of pyridine rings is 1. The van der Waals surface area contributed by atoms with E-state index in [1.54, 1.807) is 0 Å². The molecule has 1 saturated heterocycles. The van der Waals surface area contributed by atoms with Crippen LogP contribution in [0, 0.1) is 0 Å². The molecule has 4 nitrogen and oxygen atoms in total. The van der Waals surface area contributed by atoms with Crippen LogP contribution < -0.4 is 5.32 Å². The van der Waals surface area contributed by atoms with E-state index in [9.17, 15) is 4.79 Å². The Labute approximate surface area is 105 Å². The highest BCUT2D eigenvalue weighted by Gasteiger charge is 2.30. The van der Waals surface area contributed by atoms with Gasteiger partial charge in [0.05, 0.1) is 0 Å². The second-order valence-electron chi connectivity index (χ2n) is 4.64. The highest BCUT2D eigenvalue weighted by molar-refractivity contribution is 5.85. The molecule has 2 unspecified atom stereocenters. The fraction of sp³-hybridized carbons (Fsp3) is 0.286. The van der Waals surface area contributed by atoms with Crippen molar-refractivity contribution in [2.24, 2.45) is 0 Å². The molecular weight excluding hydrogens is 228 g/mol. The fourth-order valence-corrected chi connectivity index (χ4v) is 2.60. The van der Waals surface area contributed by atoms with Crippen molar-refractivity contribution in [1.82, 2.24) is 10.3 Å². The van der Waals surface area contributed by atoms with Crippen LogP contribution in [0.1, 0.15) is 24.4 Å². The van der Waals surface area contributed by atoms with Gasteiger partial charge in [0.2, 0.25) is 0 Å². The third-order valence-corrected chi connectivity index (χ3v) is 3.52. The van der Waals surface area contributed by atoms with E-state index < -0.39 is 12.0 Å². The number of fused-ring (bicyclic) bond motifs is 1. The minimum Gasteiger partial charge on any atom is -0.480 e. The lowest BCUT2D eigenvalue weighted by Crippen LogP contribution is -2.31. The number of hydrogen-bond acceptors (Lipinski definition) is 3. The number of nitrogens with one attached hydrogen (secondary N) is 1. The van der Waals surface area contributed by atoms with Crippen molar-refractivity contribution in [2.45, 2.75) is 24.9 Å². The first-order valence-electron chi connectivity index (χ1n) is 6.07. The Bertz CT molecular complexity index is 592. The highest BCUT2D eigenvalue weighted by atomic mass is 16.4. The monoisotopic (exact) mass is 242 g/mol. The van der Waals surface area contributed by atoms with Gasteiger partial charge in [0, 0.05) is 23.8 Å². The predicted octanol–water partition coefficient (Wildman–Crippen LogP) is 2.11. The van der Waals surface area contributed by atoms with Crippen molar-refractivity contribution >= 4 is 16.7 Å². The summed E-state index contributed by atoms with van der Waals surface area (Å²) in [6.07, 6.45) is 5.18. The molecule has 0 spiro atoms. The molecule has 0 aliphatic carbocycles. The molecule has 2 heterocycles. The van der Waals surface area contributed by atoms with E-state index in [0.29, 0.717) is 6.42 Å². The summed E-state index contributed by atoms with van der Waals surface area (Å²) in [7, 11) is 0.